The fraction of sp³-hybridized carbons (Fsp3) is 0.231. The quantitative estimate of drug-likeness (QED) is 0.582. The van der Waals surface area contributed by atoms with Crippen LogP contribution in [0, 0.1) is 0 Å². The molecule has 0 aliphatic carbocycles. The average molecular weight is 476 g/mol. The zero-order valence-electron chi connectivity index (χ0n) is 18.8. The Bertz CT molecular complexity index is 1380. The predicted octanol–water partition coefficient (Wildman–Crippen LogP) is 3.37. The first-order valence-corrected chi connectivity index (χ1v) is 12.6. The van der Waals surface area contributed by atoms with Crippen LogP contribution in [0.25, 0.3) is 11.1 Å². The molecule has 0 unspecified atom stereocenters. The van der Waals surface area contributed by atoms with Gasteiger partial charge in [0.1, 0.15) is 0 Å². The van der Waals surface area contributed by atoms with Gasteiger partial charge in [-0.2, -0.15) is 4.31 Å². The highest BCUT2D eigenvalue weighted by atomic mass is 32.2. The van der Waals surface area contributed by atoms with Gasteiger partial charge >= 0.3 is 0 Å². The van der Waals surface area contributed by atoms with E-state index in [1.54, 1.807) is 21.9 Å². The number of carbonyl (C=O) groups is 2. The summed E-state index contributed by atoms with van der Waals surface area (Å²) >= 11 is 0. The molecule has 3 aromatic rings. The Morgan fingerprint density at radius 2 is 1.47 bits per heavy atom. The Morgan fingerprint density at radius 1 is 0.794 bits per heavy atom. The number of amides is 2. The van der Waals surface area contributed by atoms with E-state index in [9.17, 15) is 18.0 Å². The van der Waals surface area contributed by atoms with Crippen molar-refractivity contribution in [2.24, 2.45) is 0 Å². The molecule has 174 valence electrons. The lowest BCUT2D eigenvalue weighted by atomic mass is 9.93. The van der Waals surface area contributed by atoms with Crippen LogP contribution in [-0.4, -0.2) is 55.6 Å². The highest BCUT2D eigenvalue weighted by Crippen LogP contribution is 2.39. The topological polar surface area (TPSA) is 78.0 Å². The summed E-state index contributed by atoms with van der Waals surface area (Å²) in [6.45, 7) is 3.08. The van der Waals surface area contributed by atoms with Crippen LogP contribution < -0.4 is 4.90 Å². The fourth-order valence-electron chi connectivity index (χ4n) is 4.63. The Kier molecular flexibility index (Phi) is 5.71. The maximum atomic E-state index is 13.6. The van der Waals surface area contributed by atoms with Crippen molar-refractivity contribution in [3.8, 4) is 11.1 Å². The van der Waals surface area contributed by atoms with E-state index in [4.69, 9.17) is 0 Å². The van der Waals surface area contributed by atoms with Gasteiger partial charge in [0.25, 0.3) is 5.91 Å². The first-order chi connectivity index (χ1) is 16.4. The van der Waals surface area contributed by atoms with Gasteiger partial charge in [0.15, 0.2) is 0 Å². The average Bonchev–Trinajstić information content (AvgIpc) is 2.88. The number of hydrogen-bond acceptors (Lipinski definition) is 4. The van der Waals surface area contributed by atoms with Crippen molar-refractivity contribution in [3.05, 3.63) is 83.9 Å². The number of hydrogen-bond donors (Lipinski definition) is 0. The standard InChI is InChI=1S/C26H25N3O4S/c1-19(30)27-13-15-28(16-14-27)34(32,33)22-9-6-8-20(17-22)26(31)29-18-21-7-2-3-10-23(21)24-11-4-5-12-25(24)29/h2-12,17H,13-16,18H2,1H3. The second-order valence-corrected chi connectivity index (χ2v) is 10.4. The summed E-state index contributed by atoms with van der Waals surface area (Å²) in [5.41, 5.74) is 4.24. The zero-order chi connectivity index (χ0) is 23.9. The number of carbonyl (C=O) groups excluding carboxylic acids is 2. The van der Waals surface area contributed by atoms with Crippen LogP contribution in [0.2, 0.25) is 0 Å². The molecule has 2 aliphatic heterocycles. The molecular formula is C26H25N3O4S. The van der Waals surface area contributed by atoms with Gasteiger partial charge in [-0.25, -0.2) is 8.42 Å². The van der Waals surface area contributed by atoms with Gasteiger partial charge in [0.05, 0.1) is 17.1 Å². The maximum absolute atomic E-state index is 13.6. The van der Waals surface area contributed by atoms with E-state index >= 15 is 0 Å². The fourth-order valence-corrected chi connectivity index (χ4v) is 6.10. The van der Waals surface area contributed by atoms with Crippen LogP contribution in [0.1, 0.15) is 22.8 Å². The summed E-state index contributed by atoms with van der Waals surface area (Å²) in [4.78, 5) is 28.6. The number of benzene rings is 3. The number of fused-ring (bicyclic) bond motifs is 3. The summed E-state index contributed by atoms with van der Waals surface area (Å²) in [5.74, 6) is -0.312. The highest BCUT2D eigenvalue weighted by Gasteiger charge is 2.31. The van der Waals surface area contributed by atoms with Gasteiger partial charge in [0, 0.05) is 44.2 Å². The molecular weight excluding hydrogens is 450 g/mol. The van der Waals surface area contributed by atoms with E-state index in [2.05, 4.69) is 6.07 Å². The molecule has 8 heteroatoms. The van der Waals surface area contributed by atoms with Crippen LogP contribution >= 0.6 is 0 Å². The molecule has 2 aliphatic rings. The van der Waals surface area contributed by atoms with Crippen LogP contribution in [0.5, 0.6) is 0 Å². The summed E-state index contributed by atoms with van der Waals surface area (Å²) in [5, 5.41) is 0. The maximum Gasteiger partial charge on any atom is 0.258 e. The van der Waals surface area contributed by atoms with Crippen LogP contribution in [0.15, 0.2) is 77.7 Å². The van der Waals surface area contributed by atoms with Crippen LogP contribution in [0.4, 0.5) is 5.69 Å². The molecule has 0 aromatic heterocycles. The summed E-state index contributed by atoms with van der Waals surface area (Å²) in [6.07, 6.45) is 0. The van der Waals surface area contributed by atoms with Crippen molar-refractivity contribution >= 4 is 27.5 Å². The van der Waals surface area contributed by atoms with E-state index in [0.29, 0.717) is 25.2 Å². The number of piperazine rings is 1. The first kappa shape index (κ1) is 22.3. The molecule has 0 spiro atoms. The summed E-state index contributed by atoms with van der Waals surface area (Å²) < 4.78 is 27.9. The molecule has 1 saturated heterocycles. The minimum atomic E-state index is -3.78. The van der Waals surface area contributed by atoms with Gasteiger partial charge in [-0.05, 0) is 35.4 Å². The van der Waals surface area contributed by atoms with Crippen molar-refractivity contribution < 1.29 is 18.0 Å². The summed E-state index contributed by atoms with van der Waals surface area (Å²) in [6, 6.07) is 22.0. The van der Waals surface area contributed by atoms with E-state index < -0.39 is 10.0 Å². The molecule has 2 heterocycles. The lowest BCUT2D eigenvalue weighted by Gasteiger charge is -2.33. The number of rotatable bonds is 3. The molecule has 34 heavy (non-hydrogen) atoms. The molecule has 2 amide bonds. The number of nitrogens with zero attached hydrogens (tertiary/aromatic N) is 3. The third kappa shape index (κ3) is 3.89. The van der Waals surface area contributed by atoms with Gasteiger partial charge < -0.3 is 9.80 Å². The molecule has 3 aromatic carbocycles. The Balaban J connectivity index is 1.44. The number of sulfonamides is 1. The minimum Gasteiger partial charge on any atom is -0.340 e. The largest absolute Gasteiger partial charge is 0.340 e. The van der Waals surface area contributed by atoms with Crippen molar-refractivity contribution in [2.75, 3.05) is 31.1 Å². The molecule has 7 nitrogen and oxygen atoms in total. The predicted molar refractivity (Wildman–Crippen MR) is 130 cm³/mol. The Hall–Kier alpha value is -3.49. The summed E-state index contributed by atoms with van der Waals surface area (Å²) in [7, 11) is -3.78. The number of anilines is 1. The molecule has 0 N–H and O–H groups in total. The molecule has 5 rings (SSSR count). The van der Waals surface area contributed by atoms with E-state index in [0.717, 1.165) is 22.4 Å². The molecule has 1 fully saturated rings. The lowest BCUT2D eigenvalue weighted by Crippen LogP contribution is -2.49. The normalized spacial score (nSPS) is 16.0. The van der Waals surface area contributed by atoms with Gasteiger partial charge in [-0.3, -0.25) is 9.59 Å². The lowest BCUT2D eigenvalue weighted by molar-refractivity contribution is -0.129. The third-order valence-corrected chi connectivity index (χ3v) is 8.37. The van der Waals surface area contributed by atoms with Crippen molar-refractivity contribution in [2.45, 2.75) is 18.4 Å². The van der Waals surface area contributed by atoms with E-state index in [1.165, 1.54) is 23.4 Å². The first-order valence-electron chi connectivity index (χ1n) is 11.2. The Morgan fingerprint density at radius 3 is 2.21 bits per heavy atom. The van der Waals surface area contributed by atoms with Gasteiger partial charge in [-0.1, -0.05) is 48.5 Å². The molecule has 0 bridgehead atoms. The molecule has 0 saturated carbocycles. The zero-order valence-corrected chi connectivity index (χ0v) is 19.7. The van der Waals surface area contributed by atoms with Crippen molar-refractivity contribution in [1.82, 2.24) is 9.21 Å². The van der Waals surface area contributed by atoms with E-state index in [1.807, 2.05) is 42.5 Å². The third-order valence-electron chi connectivity index (χ3n) is 6.48. The van der Waals surface area contributed by atoms with Crippen LogP contribution in [-0.2, 0) is 21.4 Å². The SMILES string of the molecule is CC(=O)N1CCN(S(=O)(=O)c2cccc(C(=O)N3Cc4ccccc4-c4ccccc43)c2)CC1. The van der Waals surface area contributed by atoms with Crippen LogP contribution in [0.3, 0.4) is 0 Å². The van der Waals surface area contributed by atoms with Crippen molar-refractivity contribution in [3.63, 3.8) is 0 Å². The smallest absolute Gasteiger partial charge is 0.258 e. The van der Waals surface area contributed by atoms with E-state index in [-0.39, 0.29) is 29.8 Å². The molecule has 0 radical (unpaired) electrons. The van der Waals surface area contributed by atoms with Crippen molar-refractivity contribution in [1.29, 1.82) is 0 Å². The highest BCUT2D eigenvalue weighted by molar-refractivity contribution is 7.89. The Labute approximate surface area is 199 Å². The van der Waals surface area contributed by atoms with Gasteiger partial charge in [0.2, 0.25) is 15.9 Å². The van der Waals surface area contributed by atoms with Gasteiger partial charge in [-0.15, -0.1) is 0 Å². The monoisotopic (exact) mass is 475 g/mol. The molecule has 0 atom stereocenters. The second-order valence-electron chi connectivity index (χ2n) is 8.50. The minimum absolute atomic E-state index is 0.0620. The second kappa shape index (κ2) is 8.70. The number of para-hydroxylation sites is 1.